The SMILES string of the molecule is CCCCCCNC(=O)C(=O)Nc1ccc(Cl)c(C(F)(F)F)c1. The predicted octanol–water partition coefficient (Wildman–Crippen LogP) is 3.99. The first-order chi connectivity index (χ1) is 10.8. The lowest BCUT2D eigenvalue weighted by Gasteiger charge is -2.11. The summed E-state index contributed by atoms with van der Waals surface area (Å²) in [5.74, 6) is -1.90. The number of nitrogens with one attached hydrogen (secondary N) is 2. The molecule has 8 heteroatoms. The fraction of sp³-hybridized carbons (Fsp3) is 0.467. The van der Waals surface area contributed by atoms with E-state index in [0.29, 0.717) is 12.6 Å². The van der Waals surface area contributed by atoms with Gasteiger partial charge in [-0.05, 0) is 24.6 Å². The number of halogens is 4. The van der Waals surface area contributed by atoms with Crippen molar-refractivity contribution in [2.45, 2.75) is 38.8 Å². The Balaban J connectivity index is 2.58. The van der Waals surface area contributed by atoms with Crippen molar-refractivity contribution in [2.75, 3.05) is 11.9 Å². The molecule has 1 rings (SSSR count). The molecule has 0 spiro atoms. The van der Waals surface area contributed by atoms with Crippen LogP contribution in [0.5, 0.6) is 0 Å². The van der Waals surface area contributed by atoms with Crippen LogP contribution >= 0.6 is 11.6 Å². The molecule has 23 heavy (non-hydrogen) atoms. The van der Waals surface area contributed by atoms with Crippen LogP contribution in [0.2, 0.25) is 5.02 Å². The quantitative estimate of drug-likeness (QED) is 0.602. The lowest BCUT2D eigenvalue weighted by Crippen LogP contribution is -2.35. The Bertz CT molecular complexity index is 562. The molecule has 128 valence electrons. The lowest BCUT2D eigenvalue weighted by molar-refractivity contribution is -0.137. The van der Waals surface area contributed by atoms with E-state index in [1.165, 1.54) is 6.07 Å². The second-order valence-electron chi connectivity index (χ2n) is 4.96. The van der Waals surface area contributed by atoms with Gasteiger partial charge in [0.25, 0.3) is 0 Å². The molecule has 0 unspecified atom stereocenters. The van der Waals surface area contributed by atoms with Crippen LogP contribution in [0.25, 0.3) is 0 Å². The minimum absolute atomic E-state index is 0.146. The second kappa shape index (κ2) is 8.76. The first kappa shape index (κ1) is 19.3. The van der Waals surface area contributed by atoms with Gasteiger partial charge in [-0.2, -0.15) is 13.2 Å². The summed E-state index contributed by atoms with van der Waals surface area (Å²) in [5.41, 5.74) is -1.22. The molecule has 0 aromatic heterocycles. The van der Waals surface area contributed by atoms with Gasteiger partial charge >= 0.3 is 18.0 Å². The Morgan fingerprint density at radius 2 is 1.83 bits per heavy atom. The van der Waals surface area contributed by atoms with Crippen LogP contribution in [0.1, 0.15) is 38.2 Å². The smallest absolute Gasteiger partial charge is 0.348 e. The van der Waals surface area contributed by atoms with E-state index in [2.05, 4.69) is 10.6 Å². The summed E-state index contributed by atoms with van der Waals surface area (Å²) in [6.45, 7) is 2.40. The number of amides is 2. The third-order valence-corrected chi connectivity index (χ3v) is 3.38. The summed E-state index contributed by atoms with van der Waals surface area (Å²) >= 11 is 5.48. The summed E-state index contributed by atoms with van der Waals surface area (Å²) in [6.07, 6.45) is -0.879. The maximum absolute atomic E-state index is 12.7. The lowest BCUT2D eigenvalue weighted by atomic mass is 10.2. The van der Waals surface area contributed by atoms with E-state index in [4.69, 9.17) is 11.6 Å². The van der Waals surface area contributed by atoms with Gasteiger partial charge in [0.05, 0.1) is 10.6 Å². The minimum atomic E-state index is -4.64. The van der Waals surface area contributed by atoms with Crippen molar-refractivity contribution in [3.63, 3.8) is 0 Å². The molecule has 1 aromatic rings. The molecule has 0 radical (unpaired) electrons. The Morgan fingerprint density at radius 1 is 1.13 bits per heavy atom. The van der Waals surface area contributed by atoms with Gasteiger partial charge < -0.3 is 10.6 Å². The van der Waals surface area contributed by atoms with Gasteiger partial charge in [0, 0.05) is 12.2 Å². The molecule has 2 amide bonds. The molecule has 2 N–H and O–H groups in total. The molecule has 1 aromatic carbocycles. The summed E-state index contributed by atoms with van der Waals surface area (Å²) < 4.78 is 38.1. The topological polar surface area (TPSA) is 58.2 Å². The first-order valence-corrected chi connectivity index (χ1v) is 7.59. The minimum Gasteiger partial charge on any atom is -0.348 e. The molecule has 0 saturated heterocycles. The number of benzene rings is 1. The van der Waals surface area contributed by atoms with E-state index in [9.17, 15) is 22.8 Å². The van der Waals surface area contributed by atoms with Crippen molar-refractivity contribution in [1.82, 2.24) is 5.32 Å². The largest absolute Gasteiger partial charge is 0.417 e. The molecule has 0 saturated carbocycles. The zero-order valence-electron chi connectivity index (χ0n) is 12.6. The van der Waals surface area contributed by atoms with E-state index < -0.39 is 28.6 Å². The van der Waals surface area contributed by atoms with Crippen LogP contribution in [0.15, 0.2) is 18.2 Å². The highest BCUT2D eigenvalue weighted by Crippen LogP contribution is 2.36. The number of hydrogen-bond donors (Lipinski definition) is 2. The van der Waals surface area contributed by atoms with Gasteiger partial charge in [0.15, 0.2) is 0 Å². The fourth-order valence-corrected chi connectivity index (χ4v) is 2.07. The molecule has 0 heterocycles. The van der Waals surface area contributed by atoms with Crippen LogP contribution in [0.3, 0.4) is 0 Å². The number of rotatable bonds is 6. The van der Waals surface area contributed by atoms with Crippen LogP contribution in [0.4, 0.5) is 18.9 Å². The monoisotopic (exact) mass is 350 g/mol. The third-order valence-electron chi connectivity index (χ3n) is 3.05. The number of carbonyl (C=O) groups is 2. The van der Waals surface area contributed by atoms with Crippen molar-refractivity contribution >= 4 is 29.1 Å². The highest BCUT2D eigenvalue weighted by molar-refractivity contribution is 6.39. The van der Waals surface area contributed by atoms with Gasteiger partial charge in [-0.15, -0.1) is 0 Å². The number of anilines is 1. The molecule has 0 atom stereocenters. The summed E-state index contributed by atoms with van der Waals surface area (Å²) in [4.78, 5) is 23.2. The van der Waals surface area contributed by atoms with E-state index >= 15 is 0 Å². The van der Waals surface area contributed by atoms with Crippen molar-refractivity contribution in [3.8, 4) is 0 Å². The molecular formula is C15H18ClF3N2O2. The van der Waals surface area contributed by atoms with Crippen molar-refractivity contribution in [1.29, 1.82) is 0 Å². The van der Waals surface area contributed by atoms with Crippen molar-refractivity contribution < 1.29 is 22.8 Å². The van der Waals surface area contributed by atoms with E-state index in [1.54, 1.807) is 0 Å². The molecule has 0 aliphatic heterocycles. The van der Waals surface area contributed by atoms with Gasteiger partial charge in [-0.25, -0.2) is 0 Å². The van der Waals surface area contributed by atoms with E-state index in [-0.39, 0.29) is 5.69 Å². The molecule has 0 aliphatic rings. The third kappa shape index (κ3) is 6.48. The van der Waals surface area contributed by atoms with E-state index in [1.807, 2.05) is 6.92 Å². The first-order valence-electron chi connectivity index (χ1n) is 7.21. The second-order valence-corrected chi connectivity index (χ2v) is 5.37. The standard InChI is InChI=1S/C15H18ClF3N2O2/c1-2-3-4-5-8-20-13(22)14(23)21-10-6-7-12(16)11(9-10)15(17,18)19/h6-7,9H,2-5,8H2,1H3,(H,20,22)(H,21,23). The fourth-order valence-electron chi connectivity index (χ4n) is 1.84. The summed E-state index contributed by atoms with van der Waals surface area (Å²) in [7, 11) is 0. The average molecular weight is 351 g/mol. The Hall–Kier alpha value is -1.76. The number of alkyl halides is 3. The van der Waals surface area contributed by atoms with Crippen LogP contribution in [-0.4, -0.2) is 18.4 Å². The summed E-state index contributed by atoms with van der Waals surface area (Å²) in [5, 5.41) is 4.07. The van der Waals surface area contributed by atoms with Crippen molar-refractivity contribution in [2.24, 2.45) is 0 Å². The number of carbonyl (C=O) groups excluding carboxylic acids is 2. The summed E-state index contributed by atoms with van der Waals surface area (Å²) in [6, 6.07) is 2.90. The van der Waals surface area contributed by atoms with Gasteiger partial charge in [-0.1, -0.05) is 37.8 Å². The molecule has 0 fully saturated rings. The number of unbranched alkanes of at least 4 members (excludes halogenated alkanes) is 3. The van der Waals surface area contributed by atoms with Crippen LogP contribution < -0.4 is 10.6 Å². The number of hydrogen-bond acceptors (Lipinski definition) is 2. The van der Waals surface area contributed by atoms with Crippen LogP contribution in [-0.2, 0) is 15.8 Å². The maximum Gasteiger partial charge on any atom is 0.417 e. The Kier molecular flexibility index (Phi) is 7.35. The highest BCUT2D eigenvalue weighted by atomic mass is 35.5. The zero-order chi connectivity index (χ0) is 17.5. The highest BCUT2D eigenvalue weighted by Gasteiger charge is 2.33. The molecule has 0 bridgehead atoms. The van der Waals surface area contributed by atoms with E-state index in [0.717, 1.165) is 31.7 Å². The molecule has 0 aliphatic carbocycles. The van der Waals surface area contributed by atoms with Gasteiger partial charge in [-0.3, -0.25) is 9.59 Å². The molecule has 4 nitrogen and oxygen atoms in total. The normalized spacial score (nSPS) is 11.2. The van der Waals surface area contributed by atoms with Crippen molar-refractivity contribution in [3.05, 3.63) is 28.8 Å². The zero-order valence-corrected chi connectivity index (χ0v) is 13.4. The Labute approximate surface area is 137 Å². The van der Waals surface area contributed by atoms with Gasteiger partial charge in [0.2, 0.25) is 0 Å². The van der Waals surface area contributed by atoms with Gasteiger partial charge in [0.1, 0.15) is 0 Å². The average Bonchev–Trinajstić information content (AvgIpc) is 2.47. The van der Waals surface area contributed by atoms with Crippen LogP contribution in [0, 0.1) is 0 Å². The maximum atomic E-state index is 12.7. The predicted molar refractivity (Wildman–Crippen MR) is 82.2 cm³/mol. The molecular weight excluding hydrogens is 333 g/mol. The Morgan fingerprint density at radius 3 is 2.43 bits per heavy atom.